The van der Waals surface area contributed by atoms with E-state index in [9.17, 15) is 18.6 Å². The van der Waals surface area contributed by atoms with Gasteiger partial charge in [0.1, 0.15) is 6.10 Å². The van der Waals surface area contributed by atoms with E-state index in [1.807, 2.05) is 0 Å². The molecule has 1 aromatic rings. The molecule has 92 valence electrons. The topological polar surface area (TPSA) is 74.6 Å². The van der Waals surface area contributed by atoms with Crippen molar-refractivity contribution in [1.82, 2.24) is 0 Å². The van der Waals surface area contributed by atoms with Crippen LogP contribution in [-0.2, 0) is 9.84 Å². The molecular weight excluding hydrogens is 240 g/mol. The minimum Gasteiger partial charge on any atom is -0.390 e. The van der Waals surface area contributed by atoms with Crippen molar-refractivity contribution >= 4 is 9.84 Å². The predicted octanol–water partition coefficient (Wildman–Crippen LogP) is 0.860. The van der Waals surface area contributed by atoms with Crippen LogP contribution in [0.2, 0.25) is 0 Å². The summed E-state index contributed by atoms with van der Waals surface area (Å²) in [6, 6.07) is 7.92. The maximum atomic E-state index is 12.2. The lowest BCUT2D eigenvalue weighted by molar-refractivity contribution is 0.0358. The summed E-state index contributed by atoms with van der Waals surface area (Å²) >= 11 is 0. The molecule has 2 N–H and O–H groups in total. The molecule has 0 saturated heterocycles. The summed E-state index contributed by atoms with van der Waals surface area (Å²) in [5, 5.41) is 19.2. The summed E-state index contributed by atoms with van der Waals surface area (Å²) in [6.07, 6.45) is -0.00337. The van der Waals surface area contributed by atoms with E-state index in [2.05, 4.69) is 0 Å². The van der Waals surface area contributed by atoms with Crippen molar-refractivity contribution in [3.63, 3.8) is 0 Å². The van der Waals surface area contributed by atoms with Gasteiger partial charge in [-0.2, -0.15) is 0 Å². The first kappa shape index (κ1) is 12.3. The van der Waals surface area contributed by atoms with E-state index in [1.165, 1.54) is 18.2 Å². The van der Waals surface area contributed by atoms with Crippen LogP contribution in [0.15, 0.2) is 46.2 Å². The second-order valence-corrected chi connectivity index (χ2v) is 5.96. The summed E-state index contributed by atoms with van der Waals surface area (Å²) < 4.78 is 24.4. The van der Waals surface area contributed by atoms with Gasteiger partial charge < -0.3 is 10.2 Å². The molecule has 0 heterocycles. The number of benzene rings is 1. The van der Waals surface area contributed by atoms with Gasteiger partial charge in [-0.05, 0) is 25.0 Å². The van der Waals surface area contributed by atoms with Gasteiger partial charge in [0, 0.05) is 0 Å². The summed E-state index contributed by atoms with van der Waals surface area (Å²) in [5.74, 6) is 0. The number of aliphatic hydroxyl groups excluding tert-OH is 2. The van der Waals surface area contributed by atoms with Gasteiger partial charge in [0.25, 0.3) is 0 Å². The smallest absolute Gasteiger partial charge is 0.205 e. The molecule has 0 aliphatic heterocycles. The van der Waals surface area contributed by atoms with E-state index in [0.717, 1.165) is 0 Å². The van der Waals surface area contributed by atoms with Gasteiger partial charge in [-0.3, -0.25) is 0 Å². The summed E-state index contributed by atoms with van der Waals surface area (Å²) in [6.45, 7) is 0. The molecule has 0 saturated carbocycles. The molecule has 0 fully saturated rings. The number of rotatable bonds is 2. The van der Waals surface area contributed by atoms with Gasteiger partial charge in [0.05, 0.1) is 15.9 Å². The van der Waals surface area contributed by atoms with E-state index in [4.69, 9.17) is 0 Å². The van der Waals surface area contributed by atoms with Crippen LogP contribution in [0, 0.1) is 0 Å². The monoisotopic (exact) mass is 254 g/mol. The van der Waals surface area contributed by atoms with Crippen LogP contribution in [0.25, 0.3) is 0 Å². The highest BCUT2D eigenvalue weighted by molar-refractivity contribution is 7.95. The molecular formula is C12H14O4S. The SMILES string of the molecule is O=S(=O)(C1=CCC[C@@H](O)[C@@H]1O)c1ccccc1. The fraction of sp³-hybridized carbons (Fsp3) is 0.333. The van der Waals surface area contributed by atoms with Crippen LogP contribution in [0.3, 0.4) is 0 Å². The number of hydrogen-bond acceptors (Lipinski definition) is 4. The Morgan fingerprint density at radius 2 is 1.76 bits per heavy atom. The Hall–Kier alpha value is -1.17. The molecule has 0 amide bonds. The zero-order valence-corrected chi connectivity index (χ0v) is 9.97. The molecule has 0 spiro atoms. The molecule has 0 bridgehead atoms. The third-order valence-electron chi connectivity index (χ3n) is 2.83. The molecule has 0 unspecified atom stereocenters. The van der Waals surface area contributed by atoms with Crippen LogP contribution >= 0.6 is 0 Å². The van der Waals surface area contributed by atoms with Crippen molar-refractivity contribution in [3.05, 3.63) is 41.3 Å². The summed E-state index contributed by atoms with van der Waals surface area (Å²) in [7, 11) is -3.69. The highest BCUT2D eigenvalue weighted by Gasteiger charge is 2.33. The predicted molar refractivity (Wildman–Crippen MR) is 63.0 cm³/mol. The molecule has 4 nitrogen and oxygen atoms in total. The third-order valence-corrected chi connectivity index (χ3v) is 4.75. The average Bonchev–Trinajstić information content (AvgIpc) is 2.33. The second kappa shape index (κ2) is 4.60. The largest absolute Gasteiger partial charge is 0.390 e. The minimum atomic E-state index is -3.69. The Bertz CT molecular complexity index is 519. The van der Waals surface area contributed by atoms with Crippen molar-refractivity contribution in [2.75, 3.05) is 0 Å². The summed E-state index contributed by atoms with van der Waals surface area (Å²) in [4.78, 5) is 0.0434. The van der Waals surface area contributed by atoms with Crippen molar-refractivity contribution in [1.29, 1.82) is 0 Å². The maximum absolute atomic E-state index is 12.2. The Balaban J connectivity index is 2.44. The van der Waals surface area contributed by atoms with Crippen molar-refractivity contribution in [3.8, 4) is 0 Å². The first-order valence-corrected chi connectivity index (χ1v) is 6.88. The quantitative estimate of drug-likeness (QED) is 0.821. The highest BCUT2D eigenvalue weighted by Crippen LogP contribution is 2.28. The van der Waals surface area contributed by atoms with E-state index in [-0.39, 0.29) is 9.80 Å². The van der Waals surface area contributed by atoms with Gasteiger partial charge in [-0.1, -0.05) is 24.3 Å². The fourth-order valence-electron chi connectivity index (χ4n) is 1.87. The Kier molecular flexibility index (Phi) is 3.33. The van der Waals surface area contributed by atoms with Gasteiger partial charge in [0.2, 0.25) is 9.84 Å². The Labute approximate surface area is 100 Å². The van der Waals surface area contributed by atoms with Crippen LogP contribution in [0.1, 0.15) is 12.8 Å². The van der Waals surface area contributed by atoms with E-state index >= 15 is 0 Å². The maximum Gasteiger partial charge on any atom is 0.205 e. The molecule has 2 rings (SSSR count). The number of sulfone groups is 1. The molecule has 5 heteroatoms. The lowest BCUT2D eigenvalue weighted by Crippen LogP contribution is -2.33. The van der Waals surface area contributed by atoms with Crippen molar-refractivity contribution < 1.29 is 18.6 Å². The highest BCUT2D eigenvalue weighted by atomic mass is 32.2. The van der Waals surface area contributed by atoms with E-state index in [0.29, 0.717) is 12.8 Å². The van der Waals surface area contributed by atoms with Crippen LogP contribution < -0.4 is 0 Å². The molecule has 1 aliphatic rings. The number of aliphatic hydroxyl groups is 2. The Morgan fingerprint density at radius 3 is 2.41 bits per heavy atom. The molecule has 1 aromatic carbocycles. The van der Waals surface area contributed by atoms with E-state index in [1.54, 1.807) is 18.2 Å². The van der Waals surface area contributed by atoms with Gasteiger partial charge in [0.15, 0.2) is 0 Å². The summed E-state index contributed by atoms with van der Waals surface area (Å²) in [5.41, 5.74) is 0. The molecule has 2 atom stereocenters. The normalized spacial score (nSPS) is 25.4. The lowest BCUT2D eigenvalue weighted by Gasteiger charge is -2.24. The van der Waals surface area contributed by atoms with Gasteiger partial charge in [-0.25, -0.2) is 8.42 Å². The number of allylic oxidation sites excluding steroid dienone is 1. The first-order chi connectivity index (χ1) is 8.03. The average molecular weight is 254 g/mol. The molecule has 0 aromatic heterocycles. The number of hydrogen-bond donors (Lipinski definition) is 2. The van der Waals surface area contributed by atoms with E-state index < -0.39 is 22.0 Å². The zero-order valence-electron chi connectivity index (χ0n) is 9.15. The standard InChI is InChI=1S/C12H14O4S/c13-10-7-4-8-11(12(10)14)17(15,16)9-5-2-1-3-6-9/h1-3,5-6,8,10,12-14H,4,7H2/t10-,12+/m1/s1. The Morgan fingerprint density at radius 1 is 1.12 bits per heavy atom. The molecule has 1 aliphatic carbocycles. The second-order valence-electron chi connectivity index (χ2n) is 4.01. The molecule has 0 radical (unpaired) electrons. The van der Waals surface area contributed by atoms with Crippen LogP contribution in [-0.4, -0.2) is 30.8 Å². The van der Waals surface area contributed by atoms with Crippen LogP contribution in [0.5, 0.6) is 0 Å². The molecule has 17 heavy (non-hydrogen) atoms. The van der Waals surface area contributed by atoms with Gasteiger partial charge >= 0.3 is 0 Å². The first-order valence-electron chi connectivity index (χ1n) is 5.40. The lowest BCUT2D eigenvalue weighted by atomic mass is 10.0. The van der Waals surface area contributed by atoms with Crippen molar-refractivity contribution in [2.45, 2.75) is 29.9 Å². The van der Waals surface area contributed by atoms with Gasteiger partial charge in [-0.15, -0.1) is 0 Å². The fourth-order valence-corrected chi connectivity index (χ4v) is 3.47. The third kappa shape index (κ3) is 2.26. The van der Waals surface area contributed by atoms with Crippen LogP contribution in [0.4, 0.5) is 0 Å². The zero-order chi connectivity index (χ0) is 12.5. The van der Waals surface area contributed by atoms with Crippen molar-refractivity contribution in [2.24, 2.45) is 0 Å². The minimum absolute atomic E-state index is 0.0950.